The summed E-state index contributed by atoms with van der Waals surface area (Å²) in [5.41, 5.74) is -0.857. The second-order valence-corrected chi connectivity index (χ2v) is 7.63. The monoisotopic (exact) mass is 233 g/mol. The van der Waals surface area contributed by atoms with Crippen molar-refractivity contribution >= 4 is 9.84 Å². The van der Waals surface area contributed by atoms with Crippen molar-refractivity contribution in [2.24, 2.45) is 0 Å². The van der Waals surface area contributed by atoms with Crippen molar-refractivity contribution in [1.29, 1.82) is 0 Å². The second-order valence-electron chi connectivity index (χ2n) is 5.45. The molecule has 2 atom stereocenters. The summed E-state index contributed by atoms with van der Waals surface area (Å²) in [6.07, 6.45) is 1.48. The Hall–Kier alpha value is -0.130. The van der Waals surface area contributed by atoms with Crippen LogP contribution in [0.15, 0.2) is 0 Å². The van der Waals surface area contributed by atoms with Crippen molar-refractivity contribution in [3.05, 3.63) is 0 Å². The van der Waals surface area contributed by atoms with Gasteiger partial charge in [0.1, 0.15) is 5.72 Å². The fourth-order valence-corrected chi connectivity index (χ4v) is 4.63. The molecule has 4 nitrogen and oxygen atoms in total. The summed E-state index contributed by atoms with van der Waals surface area (Å²) in [4.78, 5) is 0. The molecule has 0 bridgehead atoms. The highest BCUT2D eigenvalue weighted by molar-refractivity contribution is 7.91. The zero-order chi connectivity index (χ0) is 11.3. The molecule has 0 aromatic carbocycles. The number of rotatable bonds is 0. The van der Waals surface area contributed by atoms with E-state index in [0.717, 1.165) is 6.42 Å². The molecule has 0 aromatic rings. The standard InChI is InChI=1S/C10H19NO3S/c1-8-6-9(2,3)14-10(11-8)4-5-15(12,13)7-10/h8,11H,4-7H2,1-3H3. The van der Waals surface area contributed by atoms with Crippen LogP contribution in [0.4, 0.5) is 0 Å². The Morgan fingerprint density at radius 1 is 1.40 bits per heavy atom. The lowest BCUT2D eigenvalue weighted by atomic mass is 9.94. The average molecular weight is 233 g/mol. The number of sulfone groups is 1. The molecular formula is C10H19NO3S. The molecule has 0 amide bonds. The van der Waals surface area contributed by atoms with Gasteiger partial charge in [0.2, 0.25) is 0 Å². The van der Waals surface area contributed by atoms with Crippen LogP contribution in [0, 0.1) is 0 Å². The number of nitrogens with one attached hydrogen (secondary N) is 1. The van der Waals surface area contributed by atoms with Crippen LogP contribution >= 0.6 is 0 Å². The molecule has 0 saturated carbocycles. The molecule has 1 spiro atoms. The summed E-state index contributed by atoms with van der Waals surface area (Å²) in [5, 5.41) is 3.30. The van der Waals surface area contributed by atoms with E-state index in [1.807, 2.05) is 13.8 Å². The van der Waals surface area contributed by atoms with Gasteiger partial charge in [0.05, 0.1) is 17.1 Å². The van der Waals surface area contributed by atoms with E-state index in [-0.39, 0.29) is 17.1 Å². The fourth-order valence-electron chi connectivity index (χ4n) is 2.85. The fraction of sp³-hybridized carbons (Fsp3) is 1.00. The van der Waals surface area contributed by atoms with Gasteiger partial charge in [-0.15, -0.1) is 0 Å². The van der Waals surface area contributed by atoms with E-state index in [0.29, 0.717) is 12.5 Å². The first-order chi connectivity index (χ1) is 6.72. The summed E-state index contributed by atoms with van der Waals surface area (Å²) in [5.74, 6) is 0.358. The maximum Gasteiger partial charge on any atom is 0.154 e. The molecule has 2 heterocycles. The lowest BCUT2D eigenvalue weighted by Crippen LogP contribution is -2.62. The Bertz CT molecular complexity index is 363. The van der Waals surface area contributed by atoms with Crippen LogP contribution < -0.4 is 5.32 Å². The molecule has 0 radical (unpaired) electrons. The zero-order valence-electron chi connectivity index (χ0n) is 9.54. The Kier molecular flexibility index (Phi) is 2.41. The highest BCUT2D eigenvalue weighted by Gasteiger charge is 2.50. The smallest absolute Gasteiger partial charge is 0.154 e. The molecule has 5 heteroatoms. The zero-order valence-corrected chi connectivity index (χ0v) is 10.4. The molecule has 15 heavy (non-hydrogen) atoms. The van der Waals surface area contributed by atoms with E-state index < -0.39 is 15.6 Å². The molecule has 0 aromatic heterocycles. The van der Waals surface area contributed by atoms with Crippen LogP contribution in [0.25, 0.3) is 0 Å². The van der Waals surface area contributed by atoms with Gasteiger partial charge in [-0.25, -0.2) is 8.42 Å². The van der Waals surface area contributed by atoms with E-state index in [2.05, 4.69) is 12.2 Å². The Morgan fingerprint density at radius 3 is 2.53 bits per heavy atom. The summed E-state index contributed by atoms with van der Waals surface area (Å²) < 4.78 is 28.9. The first kappa shape index (κ1) is 11.4. The van der Waals surface area contributed by atoms with Gasteiger partial charge in [0.25, 0.3) is 0 Å². The quantitative estimate of drug-likeness (QED) is 0.668. The molecule has 2 fully saturated rings. The molecule has 2 saturated heterocycles. The third kappa shape index (κ3) is 2.34. The number of hydrogen-bond acceptors (Lipinski definition) is 4. The normalized spacial score (nSPS) is 43.3. The minimum absolute atomic E-state index is 0.119. The summed E-state index contributed by atoms with van der Waals surface area (Å²) in [7, 11) is -2.92. The molecule has 88 valence electrons. The van der Waals surface area contributed by atoms with Crippen molar-refractivity contribution in [3.8, 4) is 0 Å². The number of ether oxygens (including phenoxy) is 1. The van der Waals surface area contributed by atoms with Crippen LogP contribution in [-0.2, 0) is 14.6 Å². The summed E-state index contributed by atoms with van der Waals surface area (Å²) >= 11 is 0. The van der Waals surface area contributed by atoms with Crippen molar-refractivity contribution in [3.63, 3.8) is 0 Å². The van der Waals surface area contributed by atoms with Gasteiger partial charge >= 0.3 is 0 Å². The maximum absolute atomic E-state index is 11.5. The predicted octanol–water partition coefficient (Wildman–Crippen LogP) is 0.678. The van der Waals surface area contributed by atoms with Crippen molar-refractivity contribution in [2.45, 2.75) is 51.0 Å². The van der Waals surface area contributed by atoms with E-state index in [4.69, 9.17) is 4.74 Å². The Morgan fingerprint density at radius 2 is 2.07 bits per heavy atom. The van der Waals surface area contributed by atoms with E-state index in [9.17, 15) is 8.42 Å². The van der Waals surface area contributed by atoms with Crippen LogP contribution in [-0.4, -0.2) is 37.3 Å². The van der Waals surface area contributed by atoms with Gasteiger partial charge in [0, 0.05) is 12.5 Å². The van der Waals surface area contributed by atoms with E-state index >= 15 is 0 Å². The van der Waals surface area contributed by atoms with Gasteiger partial charge in [-0.1, -0.05) is 0 Å². The van der Waals surface area contributed by atoms with Gasteiger partial charge < -0.3 is 4.74 Å². The molecular weight excluding hydrogens is 214 g/mol. The minimum atomic E-state index is -2.92. The SMILES string of the molecule is CC1CC(C)(C)OC2(CCS(=O)(=O)C2)N1. The lowest BCUT2D eigenvalue weighted by Gasteiger charge is -2.46. The second kappa shape index (κ2) is 3.18. The van der Waals surface area contributed by atoms with E-state index in [1.54, 1.807) is 0 Å². The van der Waals surface area contributed by atoms with E-state index in [1.165, 1.54) is 0 Å². The molecule has 2 aliphatic heterocycles. The largest absolute Gasteiger partial charge is 0.354 e. The molecule has 0 aliphatic carbocycles. The van der Waals surface area contributed by atoms with Gasteiger partial charge in [-0.05, 0) is 27.2 Å². The third-order valence-electron chi connectivity index (χ3n) is 3.05. The average Bonchev–Trinajstić information content (AvgIpc) is 2.20. The van der Waals surface area contributed by atoms with Crippen molar-refractivity contribution in [1.82, 2.24) is 5.32 Å². The van der Waals surface area contributed by atoms with Crippen LogP contribution in [0.3, 0.4) is 0 Å². The number of hydrogen-bond donors (Lipinski definition) is 1. The third-order valence-corrected chi connectivity index (χ3v) is 4.78. The van der Waals surface area contributed by atoms with Crippen LogP contribution in [0.2, 0.25) is 0 Å². The lowest BCUT2D eigenvalue weighted by molar-refractivity contribution is -0.183. The first-order valence-corrected chi connectivity index (χ1v) is 7.23. The van der Waals surface area contributed by atoms with Crippen LogP contribution in [0.1, 0.15) is 33.6 Å². The van der Waals surface area contributed by atoms with Crippen molar-refractivity contribution in [2.75, 3.05) is 11.5 Å². The summed E-state index contributed by atoms with van der Waals surface area (Å²) in [6.45, 7) is 6.13. The predicted molar refractivity (Wildman–Crippen MR) is 58.4 cm³/mol. The van der Waals surface area contributed by atoms with Gasteiger partial charge in [-0.3, -0.25) is 5.32 Å². The van der Waals surface area contributed by atoms with Gasteiger partial charge in [0.15, 0.2) is 9.84 Å². The molecule has 2 unspecified atom stereocenters. The highest BCUT2D eigenvalue weighted by atomic mass is 32.2. The van der Waals surface area contributed by atoms with Crippen molar-refractivity contribution < 1.29 is 13.2 Å². The van der Waals surface area contributed by atoms with Crippen LogP contribution in [0.5, 0.6) is 0 Å². The Balaban J connectivity index is 2.23. The van der Waals surface area contributed by atoms with Gasteiger partial charge in [-0.2, -0.15) is 0 Å². The molecule has 1 N–H and O–H groups in total. The minimum Gasteiger partial charge on any atom is -0.354 e. The summed E-state index contributed by atoms with van der Waals surface area (Å²) in [6, 6.07) is 0.307. The Labute approximate surface area is 91.3 Å². The maximum atomic E-state index is 11.5. The highest BCUT2D eigenvalue weighted by Crippen LogP contribution is 2.36. The first-order valence-electron chi connectivity index (χ1n) is 5.40. The molecule has 2 rings (SSSR count). The molecule has 2 aliphatic rings. The topological polar surface area (TPSA) is 55.4 Å².